The molecule has 0 spiro atoms. The van der Waals surface area contributed by atoms with Crippen molar-refractivity contribution in [3.63, 3.8) is 0 Å². The van der Waals surface area contributed by atoms with Gasteiger partial charge in [0.2, 0.25) is 0 Å². The molecular formula is C10H21NO2. The standard InChI is InChI=1S/C10H21NO2/c1-2-6-11-7-8-13-10-5-3-4-9(10)12/h9-12H,2-8H2,1H3. The van der Waals surface area contributed by atoms with Crippen LogP contribution in [0.1, 0.15) is 32.6 Å². The number of hydrogen-bond acceptors (Lipinski definition) is 3. The first-order valence-electron chi connectivity index (χ1n) is 5.35. The van der Waals surface area contributed by atoms with Crippen molar-refractivity contribution in [2.75, 3.05) is 19.7 Å². The van der Waals surface area contributed by atoms with Crippen LogP contribution in [0.4, 0.5) is 0 Å². The molecule has 3 nitrogen and oxygen atoms in total. The highest BCUT2D eigenvalue weighted by Crippen LogP contribution is 2.21. The molecule has 1 aliphatic carbocycles. The monoisotopic (exact) mass is 187 g/mol. The molecule has 2 N–H and O–H groups in total. The Morgan fingerprint density at radius 2 is 2.23 bits per heavy atom. The van der Waals surface area contributed by atoms with Crippen molar-refractivity contribution in [2.24, 2.45) is 0 Å². The summed E-state index contributed by atoms with van der Waals surface area (Å²) >= 11 is 0. The highest BCUT2D eigenvalue weighted by molar-refractivity contribution is 4.76. The Hall–Kier alpha value is -0.120. The molecule has 0 radical (unpaired) electrons. The van der Waals surface area contributed by atoms with Crippen LogP contribution in [0.3, 0.4) is 0 Å². The molecule has 0 saturated heterocycles. The van der Waals surface area contributed by atoms with Crippen molar-refractivity contribution in [3.05, 3.63) is 0 Å². The zero-order valence-corrected chi connectivity index (χ0v) is 8.46. The van der Waals surface area contributed by atoms with Crippen LogP contribution in [0.5, 0.6) is 0 Å². The van der Waals surface area contributed by atoms with Gasteiger partial charge in [-0.05, 0) is 32.2 Å². The number of ether oxygens (including phenoxy) is 1. The van der Waals surface area contributed by atoms with E-state index in [1.54, 1.807) is 0 Å². The van der Waals surface area contributed by atoms with E-state index in [9.17, 15) is 5.11 Å². The van der Waals surface area contributed by atoms with Gasteiger partial charge in [0.05, 0.1) is 18.8 Å². The van der Waals surface area contributed by atoms with Crippen LogP contribution in [0.2, 0.25) is 0 Å². The van der Waals surface area contributed by atoms with Crippen LogP contribution in [0.25, 0.3) is 0 Å². The smallest absolute Gasteiger partial charge is 0.0834 e. The summed E-state index contributed by atoms with van der Waals surface area (Å²) < 4.78 is 5.55. The molecule has 0 aliphatic heterocycles. The van der Waals surface area contributed by atoms with Gasteiger partial charge >= 0.3 is 0 Å². The second-order valence-electron chi connectivity index (χ2n) is 3.66. The Morgan fingerprint density at radius 1 is 1.38 bits per heavy atom. The summed E-state index contributed by atoms with van der Waals surface area (Å²) in [7, 11) is 0. The molecule has 13 heavy (non-hydrogen) atoms. The van der Waals surface area contributed by atoms with E-state index in [1.165, 1.54) is 0 Å². The molecule has 0 heterocycles. The molecule has 1 fully saturated rings. The summed E-state index contributed by atoms with van der Waals surface area (Å²) in [4.78, 5) is 0. The quantitative estimate of drug-likeness (QED) is 0.607. The lowest BCUT2D eigenvalue weighted by molar-refractivity contribution is -0.0169. The van der Waals surface area contributed by atoms with E-state index in [0.717, 1.165) is 45.4 Å². The van der Waals surface area contributed by atoms with Crippen molar-refractivity contribution in [3.8, 4) is 0 Å². The lowest BCUT2D eigenvalue weighted by Gasteiger charge is -2.15. The summed E-state index contributed by atoms with van der Waals surface area (Å²) in [6.07, 6.45) is 4.08. The van der Waals surface area contributed by atoms with Gasteiger partial charge in [-0.25, -0.2) is 0 Å². The predicted octanol–water partition coefficient (Wildman–Crippen LogP) is 0.916. The third-order valence-corrected chi connectivity index (χ3v) is 2.46. The molecule has 0 amide bonds. The molecule has 2 atom stereocenters. The summed E-state index contributed by atoms with van der Waals surface area (Å²) in [6.45, 7) is 4.82. The topological polar surface area (TPSA) is 41.5 Å². The van der Waals surface area contributed by atoms with Gasteiger partial charge < -0.3 is 15.2 Å². The van der Waals surface area contributed by atoms with E-state index in [-0.39, 0.29) is 12.2 Å². The molecule has 1 rings (SSSR count). The van der Waals surface area contributed by atoms with Gasteiger partial charge in [0.25, 0.3) is 0 Å². The first kappa shape index (κ1) is 11.0. The van der Waals surface area contributed by atoms with Crippen LogP contribution in [-0.4, -0.2) is 37.0 Å². The molecule has 0 bridgehead atoms. The molecule has 0 aromatic rings. The van der Waals surface area contributed by atoms with Crippen molar-refractivity contribution in [1.29, 1.82) is 0 Å². The maximum absolute atomic E-state index is 9.45. The highest BCUT2D eigenvalue weighted by atomic mass is 16.5. The number of aliphatic hydroxyl groups is 1. The van der Waals surface area contributed by atoms with Gasteiger partial charge in [-0.15, -0.1) is 0 Å². The Kier molecular flexibility index (Phi) is 5.35. The number of nitrogens with one attached hydrogen (secondary N) is 1. The molecule has 3 heteroatoms. The molecule has 2 unspecified atom stereocenters. The van der Waals surface area contributed by atoms with E-state index in [0.29, 0.717) is 0 Å². The minimum absolute atomic E-state index is 0.100. The minimum Gasteiger partial charge on any atom is -0.390 e. The summed E-state index contributed by atoms with van der Waals surface area (Å²) in [5, 5.41) is 12.7. The second kappa shape index (κ2) is 6.35. The van der Waals surface area contributed by atoms with E-state index in [4.69, 9.17) is 4.74 Å². The van der Waals surface area contributed by atoms with Crippen LogP contribution in [0.15, 0.2) is 0 Å². The molecule has 78 valence electrons. The van der Waals surface area contributed by atoms with Crippen LogP contribution >= 0.6 is 0 Å². The zero-order valence-electron chi connectivity index (χ0n) is 8.46. The fraction of sp³-hybridized carbons (Fsp3) is 1.00. The third-order valence-electron chi connectivity index (χ3n) is 2.46. The highest BCUT2D eigenvalue weighted by Gasteiger charge is 2.25. The first-order chi connectivity index (χ1) is 6.34. The fourth-order valence-electron chi connectivity index (χ4n) is 1.69. The summed E-state index contributed by atoms with van der Waals surface area (Å²) in [5.74, 6) is 0. The fourth-order valence-corrected chi connectivity index (χ4v) is 1.69. The molecule has 1 aliphatic rings. The Labute approximate surface area is 80.5 Å². The maximum atomic E-state index is 9.45. The molecular weight excluding hydrogens is 166 g/mol. The second-order valence-corrected chi connectivity index (χ2v) is 3.66. The van der Waals surface area contributed by atoms with Gasteiger partial charge in [0.1, 0.15) is 0 Å². The maximum Gasteiger partial charge on any atom is 0.0834 e. The lowest BCUT2D eigenvalue weighted by atomic mass is 10.3. The normalized spacial score (nSPS) is 28.2. The average Bonchev–Trinajstić information content (AvgIpc) is 2.52. The minimum atomic E-state index is -0.217. The van der Waals surface area contributed by atoms with Gasteiger partial charge in [-0.3, -0.25) is 0 Å². The van der Waals surface area contributed by atoms with Crippen LogP contribution in [0, 0.1) is 0 Å². The predicted molar refractivity (Wildman–Crippen MR) is 52.8 cm³/mol. The van der Waals surface area contributed by atoms with Gasteiger partial charge in [0, 0.05) is 6.54 Å². The Bertz CT molecular complexity index is 130. The van der Waals surface area contributed by atoms with Crippen LogP contribution < -0.4 is 5.32 Å². The zero-order chi connectivity index (χ0) is 9.52. The summed E-state index contributed by atoms with van der Waals surface area (Å²) in [6, 6.07) is 0. The van der Waals surface area contributed by atoms with Crippen LogP contribution in [-0.2, 0) is 4.74 Å². The molecule has 0 aromatic carbocycles. The third kappa shape index (κ3) is 4.07. The number of rotatable bonds is 6. The van der Waals surface area contributed by atoms with E-state index in [1.807, 2.05) is 0 Å². The molecule has 1 saturated carbocycles. The number of aliphatic hydroxyl groups excluding tert-OH is 1. The average molecular weight is 187 g/mol. The largest absolute Gasteiger partial charge is 0.390 e. The van der Waals surface area contributed by atoms with Crippen molar-refractivity contribution in [2.45, 2.75) is 44.8 Å². The SMILES string of the molecule is CCCNCCOC1CCCC1O. The summed E-state index contributed by atoms with van der Waals surface area (Å²) in [5.41, 5.74) is 0. The van der Waals surface area contributed by atoms with E-state index < -0.39 is 0 Å². The Morgan fingerprint density at radius 3 is 2.85 bits per heavy atom. The van der Waals surface area contributed by atoms with Crippen molar-refractivity contribution < 1.29 is 9.84 Å². The van der Waals surface area contributed by atoms with Gasteiger partial charge in [0.15, 0.2) is 0 Å². The molecule has 0 aromatic heterocycles. The first-order valence-corrected chi connectivity index (χ1v) is 5.35. The van der Waals surface area contributed by atoms with Gasteiger partial charge in [-0.2, -0.15) is 0 Å². The van der Waals surface area contributed by atoms with Crippen molar-refractivity contribution >= 4 is 0 Å². The van der Waals surface area contributed by atoms with E-state index in [2.05, 4.69) is 12.2 Å². The Balaban J connectivity index is 1.93. The number of hydrogen-bond donors (Lipinski definition) is 2. The van der Waals surface area contributed by atoms with Gasteiger partial charge in [-0.1, -0.05) is 6.92 Å². The van der Waals surface area contributed by atoms with Crippen molar-refractivity contribution in [1.82, 2.24) is 5.32 Å². The lowest BCUT2D eigenvalue weighted by Crippen LogP contribution is -2.27. The van der Waals surface area contributed by atoms with E-state index >= 15 is 0 Å².